The molecule has 0 aliphatic heterocycles. The average Bonchev–Trinajstić information content (AvgIpc) is 2.61. The van der Waals surface area contributed by atoms with E-state index in [1.165, 1.54) is 18.1 Å². The Morgan fingerprint density at radius 2 is 1.84 bits per heavy atom. The maximum atomic E-state index is 11.1. The van der Waals surface area contributed by atoms with Crippen molar-refractivity contribution in [3.63, 3.8) is 0 Å². The maximum Gasteiger partial charge on any atom is 0.221 e. The first-order valence-electron chi connectivity index (χ1n) is 8.47. The van der Waals surface area contributed by atoms with Gasteiger partial charge in [-0.15, -0.1) is 0 Å². The molecule has 0 heterocycles. The molecule has 0 saturated carbocycles. The lowest BCUT2D eigenvalue weighted by atomic mass is 10.2. The van der Waals surface area contributed by atoms with Crippen LogP contribution in [0.4, 0.5) is 5.69 Å². The van der Waals surface area contributed by atoms with E-state index in [1.807, 2.05) is 42.5 Å². The van der Waals surface area contributed by atoms with E-state index >= 15 is 0 Å². The van der Waals surface area contributed by atoms with Crippen molar-refractivity contribution in [1.29, 1.82) is 0 Å². The SMILES string of the molecule is COCCN(CC=Cc1ccccc1)Cc1ccc(NC(C)=O)cc1. The molecule has 0 fully saturated rings. The minimum absolute atomic E-state index is 0.0551. The van der Waals surface area contributed by atoms with Gasteiger partial charge in [-0.3, -0.25) is 9.69 Å². The van der Waals surface area contributed by atoms with Gasteiger partial charge in [0, 0.05) is 39.4 Å². The topological polar surface area (TPSA) is 41.6 Å². The third-order valence-electron chi connectivity index (χ3n) is 3.77. The standard InChI is InChI=1S/C21H26N2O2/c1-18(24)22-21-12-10-20(11-13-21)17-23(15-16-25-2)14-6-9-19-7-4-3-5-8-19/h3-13H,14-17H2,1-2H3,(H,22,24). The van der Waals surface area contributed by atoms with Crippen LogP contribution in [0.2, 0.25) is 0 Å². The second-order valence-electron chi connectivity index (χ2n) is 5.92. The Balaban J connectivity index is 1.94. The molecule has 4 heteroatoms. The highest BCUT2D eigenvalue weighted by atomic mass is 16.5. The van der Waals surface area contributed by atoms with Gasteiger partial charge in [0.15, 0.2) is 0 Å². The monoisotopic (exact) mass is 338 g/mol. The number of carbonyl (C=O) groups excluding carboxylic acids is 1. The molecule has 25 heavy (non-hydrogen) atoms. The minimum atomic E-state index is -0.0551. The van der Waals surface area contributed by atoms with Crippen LogP contribution in [-0.2, 0) is 16.1 Å². The van der Waals surface area contributed by atoms with Crippen LogP contribution in [0.25, 0.3) is 6.08 Å². The average molecular weight is 338 g/mol. The van der Waals surface area contributed by atoms with Crippen LogP contribution in [0.15, 0.2) is 60.7 Å². The molecule has 0 spiro atoms. The zero-order valence-corrected chi connectivity index (χ0v) is 14.9. The summed E-state index contributed by atoms with van der Waals surface area (Å²) in [5.41, 5.74) is 3.23. The number of nitrogens with one attached hydrogen (secondary N) is 1. The van der Waals surface area contributed by atoms with Crippen molar-refractivity contribution in [2.75, 3.05) is 32.1 Å². The molecule has 1 amide bonds. The first kappa shape index (κ1) is 18.9. The summed E-state index contributed by atoms with van der Waals surface area (Å²) in [5, 5.41) is 2.79. The summed E-state index contributed by atoms with van der Waals surface area (Å²) in [6, 6.07) is 18.3. The summed E-state index contributed by atoms with van der Waals surface area (Å²) in [6.45, 7) is 4.76. The Labute approximate surface area is 150 Å². The number of rotatable bonds is 9. The highest BCUT2D eigenvalue weighted by Gasteiger charge is 2.05. The number of carbonyl (C=O) groups is 1. The quantitative estimate of drug-likeness (QED) is 0.756. The van der Waals surface area contributed by atoms with Gasteiger partial charge >= 0.3 is 0 Å². The maximum absolute atomic E-state index is 11.1. The molecule has 2 aromatic carbocycles. The van der Waals surface area contributed by atoms with Crippen LogP contribution >= 0.6 is 0 Å². The van der Waals surface area contributed by atoms with Crippen molar-refractivity contribution in [1.82, 2.24) is 4.90 Å². The third kappa shape index (κ3) is 7.33. The molecular weight excluding hydrogens is 312 g/mol. The number of benzene rings is 2. The number of amides is 1. The number of nitrogens with zero attached hydrogens (tertiary/aromatic N) is 1. The molecule has 0 aliphatic rings. The van der Waals surface area contributed by atoms with Crippen LogP contribution < -0.4 is 5.32 Å². The van der Waals surface area contributed by atoms with E-state index in [2.05, 4.69) is 34.5 Å². The molecule has 0 unspecified atom stereocenters. The van der Waals surface area contributed by atoms with Crippen molar-refractivity contribution in [2.24, 2.45) is 0 Å². The van der Waals surface area contributed by atoms with E-state index < -0.39 is 0 Å². The highest BCUT2D eigenvalue weighted by molar-refractivity contribution is 5.88. The summed E-state index contributed by atoms with van der Waals surface area (Å²) >= 11 is 0. The lowest BCUT2D eigenvalue weighted by Gasteiger charge is -2.20. The number of anilines is 1. The zero-order valence-electron chi connectivity index (χ0n) is 14.9. The van der Waals surface area contributed by atoms with Gasteiger partial charge in [-0.25, -0.2) is 0 Å². The van der Waals surface area contributed by atoms with Crippen molar-refractivity contribution in [3.05, 3.63) is 71.8 Å². The number of hydrogen-bond donors (Lipinski definition) is 1. The van der Waals surface area contributed by atoms with Crippen LogP contribution in [0.5, 0.6) is 0 Å². The van der Waals surface area contributed by atoms with E-state index in [-0.39, 0.29) is 5.91 Å². The Bertz CT molecular complexity index is 666. The van der Waals surface area contributed by atoms with Crippen molar-refractivity contribution in [2.45, 2.75) is 13.5 Å². The van der Waals surface area contributed by atoms with Crippen LogP contribution in [0.3, 0.4) is 0 Å². The van der Waals surface area contributed by atoms with Crippen LogP contribution in [0, 0.1) is 0 Å². The molecule has 1 N–H and O–H groups in total. The van der Waals surface area contributed by atoms with E-state index in [0.29, 0.717) is 6.61 Å². The molecule has 0 saturated heterocycles. The summed E-state index contributed by atoms with van der Waals surface area (Å²) in [7, 11) is 1.72. The largest absolute Gasteiger partial charge is 0.383 e. The van der Waals surface area contributed by atoms with Gasteiger partial charge in [-0.2, -0.15) is 0 Å². The molecule has 0 atom stereocenters. The first-order valence-corrected chi connectivity index (χ1v) is 8.47. The smallest absolute Gasteiger partial charge is 0.221 e. The molecule has 0 aromatic heterocycles. The molecule has 2 aromatic rings. The Kier molecular flexibility index (Phi) is 7.89. The normalized spacial score (nSPS) is 11.2. The van der Waals surface area contributed by atoms with Gasteiger partial charge in [0.2, 0.25) is 5.91 Å². The molecule has 4 nitrogen and oxygen atoms in total. The molecule has 0 radical (unpaired) electrons. The van der Waals surface area contributed by atoms with Gasteiger partial charge in [0.25, 0.3) is 0 Å². The van der Waals surface area contributed by atoms with E-state index in [0.717, 1.165) is 25.3 Å². The fraction of sp³-hybridized carbons (Fsp3) is 0.286. The third-order valence-corrected chi connectivity index (χ3v) is 3.77. The molecular formula is C21H26N2O2. The van der Waals surface area contributed by atoms with E-state index in [9.17, 15) is 4.79 Å². The first-order chi connectivity index (χ1) is 12.2. The predicted molar refractivity (Wildman–Crippen MR) is 103 cm³/mol. The molecule has 2 rings (SSSR count). The Hall–Kier alpha value is -2.43. The fourth-order valence-corrected chi connectivity index (χ4v) is 2.51. The number of methoxy groups -OCH3 is 1. The van der Waals surface area contributed by atoms with Crippen LogP contribution in [0.1, 0.15) is 18.1 Å². The van der Waals surface area contributed by atoms with Crippen molar-refractivity contribution < 1.29 is 9.53 Å². The molecule has 0 aliphatic carbocycles. The summed E-state index contributed by atoms with van der Waals surface area (Å²) in [4.78, 5) is 13.4. The van der Waals surface area contributed by atoms with Crippen molar-refractivity contribution in [3.8, 4) is 0 Å². The van der Waals surface area contributed by atoms with Gasteiger partial charge in [-0.1, -0.05) is 54.6 Å². The number of hydrogen-bond acceptors (Lipinski definition) is 3. The minimum Gasteiger partial charge on any atom is -0.383 e. The summed E-state index contributed by atoms with van der Waals surface area (Å²) in [5.74, 6) is -0.0551. The highest BCUT2D eigenvalue weighted by Crippen LogP contribution is 2.12. The molecule has 132 valence electrons. The Morgan fingerprint density at radius 3 is 2.48 bits per heavy atom. The Morgan fingerprint density at radius 1 is 1.12 bits per heavy atom. The lowest BCUT2D eigenvalue weighted by molar-refractivity contribution is -0.114. The van der Waals surface area contributed by atoms with Crippen LogP contribution in [-0.4, -0.2) is 37.6 Å². The van der Waals surface area contributed by atoms with Gasteiger partial charge in [0.1, 0.15) is 0 Å². The van der Waals surface area contributed by atoms with Gasteiger partial charge in [0.05, 0.1) is 6.61 Å². The predicted octanol–water partition coefficient (Wildman–Crippen LogP) is 3.81. The fourth-order valence-electron chi connectivity index (χ4n) is 2.51. The zero-order chi connectivity index (χ0) is 17.9. The van der Waals surface area contributed by atoms with Gasteiger partial charge < -0.3 is 10.1 Å². The van der Waals surface area contributed by atoms with Crippen molar-refractivity contribution >= 4 is 17.7 Å². The summed E-state index contributed by atoms with van der Waals surface area (Å²) < 4.78 is 5.22. The lowest BCUT2D eigenvalue weighted by Crippen LogP contribution is -2.27. The number of ether oxygens (including phenoxy) is 1. The second kappa shape index (κ2) is 10.4. The second-order valence-corrected chi connectivity index (χ2v) is 5.92. The van der Waals surface area contributed by atoms with E-state index in [4.69, 9.17) is 4.74 Å². The van der Waals surface area contributed by atoms with Gasteiger partial charge in [-0.05, 0) is 23.3 Å². The molecule has 0 bridgehead atoms. The summed E-state index contributed by atoms with van der Waals surface area (Å²) in [6.07, 6.45) is 4.32. The van der Waals surface area contributed by atoms with E-state index in [1.54, 1.807) is 7.11 Å².